The second kappa shape index (κ2) is 4.61. The third kappa shape index (κ3) is 3.50. The van der Waals surface area contributed by atoms with Gasteiger partial charge in [-0.25, -0.2) is 9.59 Å². The van der Waals surface area contributed by atoms with Gasteiger partial charge >= 0.3 is 11.9 Å². The first kappa shape index (κ1) is 12.5. The molecule has 0 spiro atoms. The molecule has 0 aromatic rings. The lowest BCUT2D eigenvalue weighted by Crippen LogP contribution is -2.39. The predicted octanol–water partition coefficient (Wildman–Crippen LogP) is -1.75. The molecule has 0 rings (SSSR count). The van der Waals surface area contributed by atoms with Crippen molar-refractivity contribution in [2.24, 2.45) is 0 Å². The number of aliphatic hydroxyl groups is 2. The van der Waals surface area contributed by atoms with E-state index in [0.29, 0.717) is 0 Å². The Kier molecular flexibility index (Phi) is 5.23. The van der Waals surface area contributed by atoms with E-state index in [-0.39, 0.29) is 6.15 Å². The average molecular weight is 168 g/mol. The SMILES string of the molecule is O=C(O)[C@@H](O)[C@H](O)C(=O)O.[NH4+]. The molecular weight excluding hydrogens is 158 g/mol. The Labute approximate surface area is 61.5 Å². The van der Waals surface area contributed by atoms with Gasteiger partial charge in [-0.3, -0.25) is 0 Å². The lowest BCUT2D eigenvalue weighted by Gasteiger charge is -2.07. The van der Waals surface area contributed by atoms with E-state index in [1.165, 1.54) is 0 Å². The van der Waals surface area contributed by atoms with E-state index < -0.39 is 24.1 Å². The maximum Gasteiger partial charge on any atom is 0.335 e. The summed E-state index contributed by atoms with van der Waals surface area (Å²) in [6, 6.07) is 0. The number of carboxylic acids is 2. The van der Waals surface area contributed by atoms with Crippen molar-refractivity contribution in [1.29, 1.82) is 0 Å². The van der Waals surface area contributed by atoms with Crippen LogP contribution in [0.5, 0.6) is 0 Å². The van der Waals surface area contributed by atoms with Gasteiger partial charge in [-0.15, -0.1) is 0 Å². The fraction of sp³-hybridized carbons (Fsp3) is 0.500. The lowest BCUT2D eigenvalue weighted by atomic mass is 10.2. The molecule has 0 fully saturated rings. The molecule has 0 aliphatic heterocycles. The van der Waals surface area contributed by atoms with Crippen molar-refractivity contribution >= 4 is 11.9 Å². The highest BCUT2D eigenvalue weighted by Crippen LogP contribution is 1.92. The molecule has 66 valence electrons. The van der Waals surface area contributed by atoms with Crippen LogP contribution < -0.4 is 6.15 Å². The summed E-state index contributed by atoms with van der Waals surface area (Å²) in [7, 11) is 0. The molecule has 2 atom stereocenters. The third-order valence-corrected chi connectivity index (χ3v) is 0.805. The van der Waals surface area contributed by atoms with Crippen LogP contribution in [0, 0.1) is 0 Å². The molecule has 0 saturated carbocycles. The van der Waals surface area contributed by atoms with Crippen molar-refractivity contribution in [3.63, 3.8) is 0 Å². The molecular formula is C4H10NO6+. The van der Waals surface area contributed by atoms with Gasteiger partial charge in [0.15, 0.2) is 12.2 Å². The minimum atomic E-state index is -2.27. The van der Waals surface area contributed by atoms with Crippen LogP contribution in [0.25, 0.3) is 0 Å². The van der Waals surface area contributed by atoms with E-state index in [1.807, 2.05) is 0 Å². The van der Waals surface area contributed by atoms with Crippen molar-refractivity contribution in [2.45, 2.75) is 12.2 Å². The Hall–Kier alpha value is -1.18. The number of carboxylic acid groups (broad SMARTS) is 2. The summed E-state index contributed by atoms with van der Waals surface area (Å²) < 4.78 is 0. The molecule has 8 N–H and O–H groups in total. The third-order valence-electron chi connectivity index (χ3n) is 0.805. The maximum absolute atomic E-state index is 9.77. The normalized spacial score (nSPS) is 14.4. The van der Waals surface area contributed by atoms with E-state index in [9.17, 15) is 9.59 Å². The molecule has 0 aliphatic carbocycles. The number of hydrogen-bond acceptors (Lipinski definition) is 4. The van der Waals surface area contributed by atoms with Crippen LogP contribution in [-0.4, -0.2) is 44.6 Å². The fourth-order valence-electron chi connectivity index (χ4n) is 0.270. The van der Waals surface area contributed by atoms with Gasteiger partial charge in [-0.05, 0) is 0 Å². The quantitative estimate of drug-likeness (QED) is 0.337. The van der Waals surface area contributed by atoms with Crippen LogP contribution in [0.4, 0.5) is 0 Å². The molecule has 0 radical (unpaired) electrons. The second-order valence-corrected chi connectivity index (χ2v) is 1.57. The van der Waals surface area contributed by atoms with Gasteiger partial charge in [0.1, 0.15) is 0 Å². The average Bonchev–Trinajstić information content (AvgIpc) is 1.84. The first-order valence-electron chi connectivity index (χ1n) is 2.28. The van der Waals surface area contributed by atoms with Crippen molar-refractivity contribution < 1.29 is 30.0 Å². The van der Waals surface area contributed by atoms with E-state index in [2.05, 4.69) is 0 Å². The molecule has 0 aromatic heterocycles. The summed E-state index contributed by atoms with van der Waals surface area (Å²) in [6.07, 6.45) is -4.53. The van der Waals surface area contributed by atoms with E-state index in [0.717, 1.165) is 0 Å². The highest BCUT2D eigenvalue weighted by molar-refractivity contribution is 5.82. The molecule has 0 aliphatic rings. The zero-order valence-electron chi connectivity index (χ0n) is 5.76. The van der Waals surface area contributed by atoms with Crippen molar-refractivity contribution in [2.75, 3.05) is 0 Å². The Morgan fingerprint density at radius 3 is 1.18 bits per heavy atom. The standard InChI is InChI=1S/C4H6O6.H3N/c5-1(3(7)8)2(6)4(9)10;/h1-2,5-6H,(H,7,8)(H,9,10);1H3/p+1/t1-,2-;/m0./s1. The highest BCUT2D eigenvalue weighted by Gasteiger charge is 2.29. The van der Waals surface area contributed by atoms with Crippen LogP contribution in [0.2, 0.25) is 0 Å². The Morgan fingerprint density at radius 2 is 1.09 bits per heavy atom. The van der Waals surface area contributed by atoms with Gasteiger partial charge < -0.3 is 26.6 Å². The number of aliphatic hydroxyl groups excluding tert-OH is 2. The fourth-order valence-corrected chi connectivity index (χ4v) is 0.270. The molecule has 0 amide bonds. The van der Waals surface area contributed by atoms with Crippen molar-refractivity contribution in [3.05, 3.63) is 0 Å². The largest absolute Gasteiger partial charge is 0.479 e. The van der Waals surface area contributed by atoms with Gasteiger partial charge in [0.05, 0.1) is 0 Å². The minimum absolute atomic E-state index is 0. The summed E-state index contributed by atoms with van der Waals surface area (Å²) in [5.41, 5.74) is 0. The van der Waals surface area contributed by atoms with Crippen LogP contribution in [-0.2, 0) is 9.59 Å². The molecule has 0 unspecified atom stereocenters. The molecule has 0 bridgehead atoms. The Bertz CT molecular complexity index is 139. The van der Waals surface area contributed by atoms with Crippen molar-refractivity contribution in [3.8, 4) is 0 Å². The number of aliphatic carboxylic acids is 2. The van der Waals surface area contributed by atoms with Crippen LogP contribution in [0.3, 0.4) is 0 Å². The lowest BCUT2D eigenvalue weighted by molar-refractivity contribution is -0.165. The molecule has 0 aromatic carbocycles. The molecule has 11 heavy (non-hydrogen) atoms. The van der Waals surface area contributed by atoms with Gasteiger partial charge in [0.2, 0.25) is 0 Å². The predicted molar refractivity (Wildman–Crippen MR) is 33.3 cm³/mol. The zero-order valence-corrected chi connectivity index (χ0v) is 5.76. The number of hydrogen-bond donors (Lipinski definition) is 5. The number of carbonyl (C=O) groups is 2. The first-order valence-corrected chi connectivity index (χ1v) is 2.28. The summed E-state index contributed by atoms with van der Waals surface area (Å²) in [4.78, 5) is 19.5. The summed E-state index contributed by atoms with van der Waals surface area (Å²) in [6.45, 7) is 0. The second-order valence-electron chi connectivity index (χ2n) is 1.57. The van der Waals surface area contributed by atoms with Gasteiger partial charge in [0.25, 0.3) is 0 Å². The van der Waals surface area contributed by atoms with E-state index in [1.54, 1.807) is 0 Å². The highest BCUT2D eigenvalue weighted by atomic mass is 16.4. The Balaban J connectivity index is 0. The number of quaternary nitrogens is 1. The Morgan fingerprint density at radius 1 is 0.909 bits per heavy atom. The molecule has 0 saturated heterocycles. The van der Waals surface area contributed by atoms with Crippen LogP contribution in [0.1, 0.15) is 0 Å². The molecule has 7 heteroatoms. The zero-order chi connectivity index (χ0) is 8.31. The molecule has 0 heterocycles. The topological polar surface area (TPSA) is 152 Å². The maximum atomic E-state index is 9.77. The van der Waals surface area contributed by atoms with Gasteiger partial charge in [0, 0.05) is 0 Å². The summed E-state index contributed by atoms with van der Waals surface area (Å²) in [5, 5.41) is 32.5. The minimum Gasteiger partial charge on any atom is -0.479 e. The van der Waals surface area contributed by atoms with Crippen LogP contribution in [0.15, 0.2) is 0 Å². The summed E-state index contributed by atoms with van der Waals surface area (Å²) in [5.74, 6) is -3.54. The van der Waals surface area contributed by atoms with Gasteiger partial charge in [-0.1, -0.05) is 0 Å². The van der Waals surface area contributed by atoms with Crippen molar-refractivity contribution in [1.82, 2.24) is 6.15 Å². The smallest absolute Gasteiger partial charge is 0.335 e. The summed E-state index contributed by atoms with van der Waals surface area (Å²) >= 11 is 0. The van der Waals surface area contributed by atoms with Gasteiger partial charge in [-0.2, -0.15) is 0 Å². The first-order chi connectivity index (χ1) is 4.46. The van der Waals surface area contributed by atoms with Crippen LogP contribution >= 0.6 is 0 Å². The monoisotopic (exact) mass is 168 g/mol. The number of rotatable bonds is 3. The molecule has 7 nitrogen and oxygen atoms in total. The van der Waals surface area contributed by atoms with E-state index >= 15 is 0 Å². The van der Waals surface area contributed by atoms with E-state index in [4.69, 9.17) is 20.4 Å².